The van der Waals surface area contributed by atoms with Crippen LogP contribution in [-0.4, -0.2) is 46.4 Å². The van der Waals surface area contributed by atoms with Crippen molar-refractivity contribution < 1.29 is 9.47 Å². The number of rotatable bonds is 10. The second-order valence-electron chi connectivity index (χ2n) is 4.99. The maximum absolute atomic E-state index is 5.24. The number of methoxy groups -OCH3 is 2. The predicted molar refractivity (Wildman–Crippen MR) is 107 cm³/mol. The van der Waals surface area contributed by atoms with E-state index in [0.29, 0.717) is 0 Å². The van der Waals surface area contributed by atoms with Crippen LogP contribution in [0.5, 0.6) is 5.75 Å². The van der Waals surface area contributed by atoms with E-state index in [1.54, 1.807) is 14.2 Å². The van der Waals surface area contributed by atoms with E-state index in [1.165, 1.54) is 5.56 Å². The molecular formula is C17H30IN3O2. The van der Waals surface area contributed by atoms with Gasteiger partial charge in [0.1, 0.15) is 5.75 Å². The van der Waals surface area contributed by atoms with Crippen molar-refractivity contribution in [3.05, 3.63) is 29.8 Å². The largest absolute Gasteiger partial charge is 0.497 e. The van der Waals surface area contributed by atoms with E-state index >= 15 is 0 Å². The molecule has 0 radical (unpaired) electrons. The molecule has 132 valence electrons. The van der Waals surface area contributed by atoms with Crippen LogP contribution in [0.1, 0.15) is 25.3 Å². The topological polar surface area (TPSA) is 54.9 Å². The van der Waals surface area contributed by atoms with E-state index < -0.39 is 0 Å². The molecule has 0 aromatic heterocycles. The van der Waals surface area contributed by atoms with Gasteiger partial charge in [-0.3, -0.25) is 4.99 Å². The summed E-state index contributed by atoms with van der Waals surface area (Å²) in [5.41, 5.74) is 1.28. The van der Waals surface area contributed by atoms with Gasteiger partial charge in [-0.25, -0.2) is 0 Å². The number of hydrogen-bond acceptors (Lipinski definition) is 3. The molecule has 0 atom stereocenters. The fourth-order valence-electron chi connectivity index (χ4n) is 2.07. The van der Waals surface area contributed by atoms with Crippen molar-refractivity contribution in [1.82, 2.24) is 10.6 Å². The molecule has 1 aromatic rings. The molecule has 5 nitrogen and oxygen atoms in total. The molecule has 2 N–H and O–H groups in total. The zero-order valence-corrected chi connectivity index (χ0v) is 16.8. The first kappa shape index (κ1) is 22.0. The van der Waals surface area contributed by atoms with Gasteiger partial charge in [-0.2, -0.15) is 0 Å². The van der Waals surface area contributed by atoms with E-state index in [9.17, 15) is 0 Å². The smallest absolute Gasteiger partial charge is 0.191 e. The third-order valence-corrected chi connectivity index (χ3v) is 3.19. The molecule has 0 aliphatic rings. The van der Waals surface area contributed by atoms with Crippen molar-refractivity contribution >= 4 is 29.9 Å². The Balaban J connectivity index is 0.00000484. The summed E-state index contributed by atoms with van der Waals surface area (Å²) < 4.78 is 10.3. The van der Waals surface area contributed by atoms with Crippen molar-refractivity contribution in [1.29, 1.82) is 0 Å². The van der Waals surface area contributed by atoms with Gasteiger partial charge in [-0.15, -0.1) is 24.0 Å². The van der Waals surface area contributed by atoms with Crippen molar-refractivity contribution in [2.45, 2.75) is 26.2 Å². The molecule has 0 amide bonds. The molecule has 6 heteroatoms. The van der Waals surface area contributed by atoms with Gasteiger partial charge < -0.3 is 20.1 Å². The van der Waals surface area contributed by atoms with Crippen LogP contribution in [0.4, 0.5) is 0 Å². The number of hydrogen-bond donors (Lipinski definition) is 2. The molecule has 0 aliphatic carbocycles. The molecule has 0 spiro atoms. The Labute approximate surface area is 157 Å². The third kappa shape index (κ3) is 10.4. The van der Waals surface area contributed by atoms with Crippen molar-refractivity contribution in [3.8, 4) is 5.75 Å². The van der Waals surface area contributed by atoms with Crippen molar-refractivity contribution in [2.75, 3.05) is 40.5 Å². The molecule has 1 aromatic carbocycles. The lowest BCUT2D eigenvalue weighted by atomic mass is 10.1. The molecule has 23 heavy (non-hydrogen) atoms. The summed E-state index contributed by atoms with van der Waals surface area (Å²) in [6, 6.07) is 8.20. The van der Waals surface area contributed by atoms with Gasteiger partial charge in [0.15, 0.2) is 5.96 Å². The minimum atomic E-state index is 0. The maximum Gasteiger partial charge on any atom is 0.191 e. The Morgan fingerprint density at radius 1 is 1.17 bits per heavy atom. The first-order chi connectivity index (χ1) is 10.8. The first-order valence-corrected chi connectivity index (χ1v) is 7.94. The number of nitrogens with one attached hydrogen (secondary N) is 2. The van der Waals surface area contributed by atoms with E-state index in [-0.39, 0.29) is 24.0 Å². The lowest BCUT2D eigenvalue weighted by Crippen LogP contribution is -2.38. The molecule has 0 unspecified atom stereocenters. The highest BCUT2D eigenvalue weighted by Crippen LogP contribution is 2.13. The van der Waals surface area contributed by atoms with Crippen LogP contribution in [0, 0.1) is 0 Å². The van der Waals surface area contributed by atoms with E-state index in [1.807, 2.05) is 12.1 Å². The van der Waals surface area contributed by atoms with Gasteiger partial charge in [0.05, 0.1) is 7.11 Å². The summed E-state index contributed by atoms with van der Waals surface area (Å²) in [6.45, 7) is 5.38. The lowest BCUT2D eigenvalue weighted by Gasteiger charge is -2.11. The zero-order valence-electron chi connectivity index (χ0n) is 14.4. The molecule has 1 rings (SSSR count). The number of ether oxygens (including phenoxy) is 2. The summed E-state index contributed by atoms with van der Waals surface area (Å²) in [5, 5.41) is 6.57. The number of benzene rings is 1. The molecule has 0 fully saturated rings. The highest BCUT2D eigenvalue weighted by Gasteiger charge is 1.98. The van der Waals surface area contributed by atoms with E-state index in [2.05, 4.69) is 34.7 Å². The normalized spacial score (nSPS) is 10.8. The SMILES string of the molecule is CCNC(=NCCCc1cccc(OC)c1)NCCCOC.I. The minimum Gasteiger partial charge on any atom is -0.497 e. The average Bonchev–Trinajstić information content (AvgIpc) is 2.55. The summed E-state index contributed by atoms with van der Waals surface area (Å²) in [4.78, 5) is 4.59. The van der Waals surface area contributed by atoms with Gasteiger partial charge in [-0.1, -0.05) is 12.1 Å². The molecule has 0 saturated heterocycles. The summed E-state index contributed by atoms with van der Waals surface area (Å²) >= 11 is 0. The Morgan fingerprint density at radius 2 is 2.00 bits per heavy atom. The van der Waals surface area contributed by atoms with Crippen LogP contribution in [0.2, 0.25) is 0 Å². The Hall–Kier alpha value is -1.02. The molecule has 0 heterocycles. The average molecular weight is 435 g/mol. The summed E-state index contributed by atoms with van der Waals surface area (Å²) in [6.07, 6.45) is 3.00. The number of halogens is 1. The Morgan fingerprint density at radius 3 is 2.70 bits per heavy atom. The lowest BCUT2D eigenvalue weighted by molar-refractivity contribution is 0.195. The van der Waals surface area contributed by atoms with Gasteiger partial charge in [0.25, 0.3) is 0 Å². The van der Waals surface area contributed by atoms with Gasteiger partial charge in [-0.05, 0) is 43.9 Å². The second kappa shape index (κ2) is 14.6. The Bertz CT molecular complexity index is 442. The Kier molecular flexibility index (Phi) is 13.9. The molecule has 0 saturated carbocycles. The third-order valence-electron chi connectivity index (χ3n) is 3.19. The van der Waals surface area contributed by atoms with Gasteiger partial charge in [0.2, 0.25) is 0 Å². The number of aliphatic imine (C=N–C) groups is 1. The number of guanidine groups is 1. The van der Waals surface area contributed by atoms with Crippen molar-refractivity contribution in [2.24, 2.45) is 4.99 Å². The summed E-state index contributed by atoms with van der Waals surface area (Å²) in [5.74, 6) is 1.79. The minimum absolute atomic E-state index is 0. The first-order valence-electron chi connectivity index (χ1n) is 7.94. The highest BCUT2D eigenvalue weighted by atomic mass is 127. The predicted octanol–water partition coefficient (Wildman–Crippen LogP) is 2.84. The molecule has 0 aliphatic heterocycles. The van der Waals surface area contributed by atoms with E-state index in [0.717, 1.165) is 57.2 Å². The quantitative estimate of drug-likeness (QED) is 0.257. The number of nitrogens with zero attached hydrogens (tertiary/aromatic N) is 1. The van der Waals surface area contributed by atoms with Crippen LogP contribution in [-0.2, 0) is 11.2 Å². The van der Waals surface area contributed by atoms with Crippen molar-refractivity contribution in [3.63, 3.8) is 0 Å². The van der Waals surface area contributed by atoms with Crippen LogP contribution >= 0.6 is 24.0 Å². The fourth-order valence-corrected chi connectivity index (χ4v) is 2.07. The van der Waals surface area contributed by atoms with Crippen LogP contribution < -0.4 is 15.4 Å². The van der Waals surface area contributed by atoms with Gasteiger partial charge >= 0.3 is 0 Å². The van der Waals surface area contributed by atoms with Crippen LogP contribution in [0.15, 0.2) is 29.3 Å². The van der Waals surface area contributed by atoms with Gasteiger partial charge in [0, 0.05) is 33.4 Å². The zero-order chi connectivity index (χ0) is 16.0. The number of aryl methyl sites for hydroxylation is 1. The highest BCUT2D eigenvalue weighted by molar-refractivity contribution is 14.0. The standard InChI is InChI=1S/C17H29N3O2.HI/c1-4-18-17(20-12-7-13-21-2)19-11-6-9-15-8-5-10-16(14-15)22-3;/h5,8,10,14H,4,6-7,9,11-13H2,1-3H3,(H2,18,19,20);1H. The molecular weight excluding hydrogens is 405 g/mol. The maximum atomic E-state index is 5.24. The summed E-state index contributed by atoms with van der Waals surface area (Å²) in [7, 11) is 3.42. The van der Waals surface area contributed by atoms with E-state index in [4.69, 9.17) is 9.47 Å². The monoisotopic (exact) mass is 435 g/mol. The fraction of sp³-hybridized carbons (Fsp3) is 0.588. The van der Waals surface area contributed by atoms with Crippen LogP contribution in [0.25, 0.3) is 0 Å². The molecule has 0 bridgehead atoms. The second-order valence-corrected chi connectivity index (χ2v) is 4.99. The van der Waals surface area contributed by atoms with Crippen LogP contribution in [0.3, 0.4) is 0 Å².